The van der Waals surface area contributed by atoms with Crippen LogP contribution in [0.25, 0.3) is 0 Å². The molecule has 9 heteroatoms. The summed E-state index contributed by atoms with van der Waals surface area (Å²) in [6, 6.07) is 3.91. The van der Waals surface area contributed by atoms with Crippen LogP contribution in [0.4, 0.5) is 15.8 Å². The molecule has 2 aromatic rings. The maximum Gasteiger partial charge on any atom is 0.273 e. The fourth-order valence-electron chi connectivity index (χ4n) is 1.76. The van der Waals surface area contributed by atoms with Gasteiger partial charge in [-0.3, -0.25) is 4.79 Å². The number of carbonyl (C=O) groups excluding carboxylic acids is 1. The number of benzene rings is 1. The van der Waals surface area contributed by atoms with Crippen LogP contribution in [0.3, 0.4) is 0 Å². The highest BCUT2D eigenvalue weighted by atomic mass is 79.9. The first-order chi connectivity index (χ1) is 10.5. The molecule has 1 aromatic heterocycles. The van der Waals surface area contributed by atoms with Gasteiger partial charge in [-0.05, 0) is 22.0 Å². The molecule has 2 rings (SSSR count). The minimum absolute atomic E-state index is 0.0225. The number of hydrogen-bond donors (Lipinski definition) is 2. The van der Waals surface area contributed by atoms with Crippen molar-refractivity contribution in [3.63, 3.8) is 0 Å². The van der Waals surface area contributed by atoms with Gasteiger partial charge in [0.15, 0.2) is 16.6 Å². The van der Waals surface area contributed by atoms with E-state index >= 15 is 0 Å². The van der Waals surface area contributed by atoms with Gasteiger partial charge in [-0.25, -0.2) is 4.39 Å². The van der Waals surface area contributed by atoms with Crippen LogP contribution in [0.5, 0.6) is 5.75 Å². The van der Waals surface area contributed by atoms with E-state index in [4.69, 9.17) is 16.3 Å². The highest BCUT2D eigenvalue weighted by molar-refractivity contribution is 9.10. The summed E-state index contributed by atoms with van der Waals surface area (Å²) in [5.74, 6) is -0.567. The van der Waals surface area contributed by atoms with Crippen molar-refractivity contribution in [3.05, 3.63) is 39.3 Å². The van der Waals surface area contributed by atoms with Crippen LogP contribution in [0.15, 0.2) is 22.7 Å². The quantitative estimate of drug-likeness (QED) is 0.840. The molecule has 0 aliphatic carbocycles. The lowest BCUT2D eigenvalue weighted by Gasteiger charge is -2.14. The Morgan fingerprint density at radius 2 is 2.05 bits per heavy atom. The van der Waals surface area contributed by atoms with Crippen LogP contribution in [-0.2, 0) is 0 Å². The molecule has 6 nitrogen and oxygen atoms in total. The summed E-state index contributed by atoms with van der Waals surface area (Å²) >= 11 is 9.02. The van der Waals surface area contributed by atoms with Crippen LogP contribution in [0.1, 0.15) is 10.5 Å². The molecule has 0 radical (unpaired) electrons. The minimum atomic E-state index is -0.482. The molecule has 0 aliphatic rings. The molecule has 0 aliphatic heterocycles. The Morgan fingerprint density at radius 1 is 1.32 bits per heavy atom. The largest absolute Gasteiger partial charge is 0.493 e. The second-order valence-corrected chi connectivity index (χ2v) is 5.34. The van der Waals surface area contributed by atoms with Gasteiger partial charge in [-0.2, -0.15) is 0 Å². The Morgan fingerprint density at radius 3 is 2.68 bits per heavy atom. The molecule has 22 heavy (non-hydrogen) atoms. The number of hydrogen-bond acceptors (Lipinski definition) is 5. The molecule has 116 valence electrons. The van der Waals surface area contributed by atoms with Crippen LogP contribution in [0, 0.1) is 5.82 Å². The van der Waals surface area contributed by atoms with Gasteiger partial charge >= 0.3 is 0 Å². The molecule has 2 N–H and O–H groups in total. The Bertz CT molecular complexity index is 729. The first-order valence-corrected chi connectivity index (χ1v) is 7.18. The number of amides is 1. The highest BCUT2D eigenvalue weighted by Crippen LogP contribution is 2.36. The van der Waals surface area contributed by atoms with Crippen molar-refractivity contribution in [1.82, 2.24) is 15.5 Å². The molecule has 0 bridgehead atoms. The molecular weight excluding hydrogens is 379 g/mol. The maximum atomic E-state index is 13.6. The van der Waals surface area contributed by atoms with E-state index in [9.17, 15) is 9.18 Å². The summed E-state index contributed by atoms with van der Waals surface area (Å²) in [6.45, 7) is 0. The van der Waals surface area contributed by atoms with Crippen molar-refractivity contribution in [2.75, 3.05) is 19.5 Å². The number of anilines is 2. The molecule has 0 fully saturated rings. The van der Waals surface area contributed by atoms with Gasteiger partial charge in [0.05, 0.1) is 23.0 Å². The monoisotopic (exact) mass is 388 g/mol. The molecular formula is C13H11BrClFN4O2. The summed E-state index contributed by atoms with van der Waals surface area (Å²) in [4.78, 5) is 11.8. The first kappa shape index (κ1) is 16.4. The normalized spacial score (nSPS) is 10.2. The fourth-order valence-corrected chi connectivity index (χ4v) is 2.50. The van der Waals surface area contributed by atoms with Crippen molar-refractivity contribution >= 4 is 44.8 Å². The second-order valence-electron chi connectivity index (χ2n) is 4.10. The molecule has 0 unspecified atom stereocenters. The lowest BCUT2D eigenvalue weighted by molar-refractivity contribution is 0.0958. The number of rotatable bonds is 4. The molecule has 1 amide bonds. The van der Waals surface area contributed by atoms with Gasteiger partial charge in [-0.1, -0.05) is 11.6 Å². The number of nitrogens with one attached hydrogen (secondary N) is 2. The lowest BCUT2D eigenvalue weighted by Crippen LogP contribution is -2.21. The van der Waals surface area contributed by atoms with E-state index in [0.29, 0.717) is 15.9 Å². The van der Waals surface area contributed by atoms with E-state index in [2.05, 4.69) is 36.8 Å². The van der Waals surface area contributed by atoms with E-state index in [1.165, 1.54) is 32.4 Å². The Balaban J connectivity index is 2.51. The van der Waals surface area contributed by atoms with Gasteiger partial charge < -0.3 is 15.4 Å². The highest BCUT2D eigenvalue weighted by Gasteiger charge is 2.17. The van der Waals surface area contributed by atoms with Crippen molar-refractivity contribution in [2.45, 2.75) is 0 Å². The van der Waals surface area contributed by atoms with E-state index < -0.39 is 11.7 Å². The number of methoxy groups -OCH3 is 1. The standard InChI is InChI=1S/C13H11BrClFN4O2/c1-17-13(21)11-8(5-10(15)19-20-11)18-9-4-6(16)3-7(14)12(9)22-2/h3-5H,1-2H3,(H,17,21)(H,18,19). The van der Waals surface area contributed by atoms with Crippen LogP contribution in [0.2, 0.25) is 5.15 Å². The lowest BCUT2D eigenvalue weighted by atomic mass is 10.2. The Hall–Kier alpha value is -1.93. The van der Waals surface area contributed by atoms with Crippen molar-refractivity contribution in [1.29, 1.82) is 0 Å². The van der Waals surface area contributed by atoms with Crippen LogP contribution < -0.4 is 15.4 Å². The van der Waals surface area contributed by atoms with Crippen LogP contribution in [-0.4, -0.2) is 30.3 Å². The third-order valence-corrected chi connectivity index (χ3v) is 3.46. The summed E-state index contributed by atoms with van der Waals surface area (Å²) < 4.78 is 19.2. The first-order valence-electron chi connectivity index (χ1n) is 6.01. The average molecular weight is 390 g/mol. The Kier molecular flexibility index (Phi) is 5.15. The zero-order valence-electron chi connectivity index (χ0n) is 11.6. The molecule has 0 spiro atoms. The predicted octanol–water partition coefficient (Wildman–Crippen LogP) is 3.14. The smallest absolute Gasteiger partial charge is 0.273 e. The summed E-state index contributed by atoms with van der Waals surface area (Å²) in [7, 11) is 2.91. The van der Waals surface area contributed by atoms with E-state index in [0.717, 1.165) is 0 Å². The van der Waals surface area contributed by atoms with Crippen LogP contribution >= 0.6 is 27.5 Å². The zero-order valence-corrected chi connectivity index (χ0v) is 13.9. The molecule has 0 atom stereocenters. The van der Waals surface area contributed by atoms with Crippen molar-refractivity contribution in [3.8, 4) is 5.75 Å². The SMILES string of the molecule is CNC(=O)c1nnc(Cl)cc1Nc1cc(F)cc(Br)c1OC. The molecule has 1 aromatic carbocycles. The predicted molar refractivity (Wildman–Crippen MR) is 84.4 cm³/mol. The second kappa shape index (κ2) is 6.89. The average Bonchev–Trinajstić information content (AvgIpc) is 2.46. The summed E-state index contributed by atoms with van der Waals surface area (Å²) in [6.07, 6.45) is 0. The molecule has 1 heterocycles. The zero-order chi connectivity index (χ0) is 16.3. The summed E-state index contributed by atoms with van der Waals surface area (Å²) in [5, 5.41) is 12.8. The van der Waals surface area contributed by atoms with Gasteiger partial charge in [0.25, 0.3) is 5.91 Å². The van der Waals surface area contributed by atoms with Gasteiger partial charge in [0.2, 0.25) is 0 Å². The van der Waals surface area contributed by atoms with E-state index in [1.807, 2.05) is 0 Å². The van der Waals surface area contributed by atoms with Crippen molar-refractivity contribution in [2.24, 2.45) is 0 Å². The maximum absolute atomic E-state index is 13.6. The van der Waals surface area contributed by atoms with Gasteiger partial charge in [-0.15, -0.1) is 10.2 Å². The minimum Gasteiger partial charge on any atom is -0.493 e. The molecule has 0 saturated carbocycles. The van der Waals surface area contributed by atoms with Gasteiger partial charge in [0, 0.05) is 19.2 Å². The number of ether oxygens (including phenoxy) is 1. The third-order valence-electron chi connectivity index (χ3n) is 2.69. The van der Waals surface area contributed by atoms with E-state index in [1.54, 1.807) is 0 Å². The van der Waals surface area contributed by atoms with Gasteiger partial charge in [0.1, 0.15) is 5.82 Å². The topological polar surface area (TPSA) is 76.1 Å². The Labute approximate surface area is 139 Å². The molecule has 0 saturated heterocycles. The van der Waals surface area contributed by atoms with E-state index in [-0.39, 0.29) is 16.5 Å². The van der Waals surface area contributed by atoms with Crippen molar-refractivity contribution < 1.29 is 13.9 Å². The number of aromatic nitrogens is 2. The third kappa shape index (κ3) is 3.45. The summed E-state index contributed by atoms with van der Waals surface area (Å²) in [5.41, 5.74) is 0.605. The number of nitrogens with zero attached hydrogens (tertiary/aromatic N) is 2. The number of carbonyl (C=O) groups is 1. The fraction of sp³-hybridized carbons (Fsp3) is 0.154. The number of halogens is 3.